The fourth-order valence-corrected chi connectivity index (χ4v) is 4.43. The van der Waals surface area contributed by atoms with Gasteiger partial charge in [-0.15, -0.1) is 22.7 Å². The van der Waals surface area contributed by atoms with Gasteiger partial charge in [-0.25, -0.2) is 0 Å². The summed E-state index contributed by atoms with van der Waals surface area (Å²) in [6.07, 6.45) is 3.23. The summed E-state index contributed by atoms with van der Waals surface area (Å²) in [5, 5.41) is 14.2. The first-order chi connectivity index (χ1) is 12.7. The summed E-state index contributed by atoms with van der Waals surface area (Å²) in [6, 6.07) is 10.2. The van der Waals surface area contributed by atoms with Gasteiger partial charge < -0.3 is 10.0 Å². The summed E-state index contributed by atoms with van der Waals surface area (Å²) in [6.45, 7) is 0.328. The van der Waals surface area contributed by atoms with E-state index < -0.39 is 17.7 Å². The predicted octanol–water partition coefficient (Wildman–Crippen LogP) is 3.98. The maximum Gasteiger partial charge on any atom is 0.290 e. The molecule has 0 fully saturated rings. The van der Waals surface area contributed by atoms with Crippen LogP contribution >= 0.6 is 22.7 Å². The zero-order valence-electron chi connectivity index (χ0n) is 13.5. The van der Waals surface area contributed by atoms with E-state index in [9.17, 15) is 14.7 Å². The number of aromatic nitrogens is 1. The molecule has 130 valence electrons. The van der Waals surface area contributed by atoms with E-state index >= 15 is 0 Å². The molecule has 0 saturated heterocycles. The molecule has 0 aromatic carbocycles. The van der Waals surface area contributed by atoms with Gasteiger partial charge in [0.05, 0.1) is 23.0 Å². The zero-order valence-corrected chi connectivity index (χ0v) is 15.2. The standard InChI is InChI=1S/C19H14N2O3S2/c22-17(14-4-2-10-26-14)15-16(12-5-7-20-8-6-12)21(19(24)18(15)23)11-13-3-1-9-25-13/h1-10,16,23H,11H2. The third-order valence-corrected chi connectivity index (χ3v) is 5.95. The molecular formula is C19H14N2O3S2. The fourth-order valence-electron chi connectivity index (χ4n) is 3.05. The van der Waals surface area contributed by atoms with E-state index in [1.807, 2.05) is 17.5 Å². The molecule has 1 aliphatic heterocycles. The van der Waals surface area contributed by atoms with Crippen LogP contribution in [-0.2, 0) is 11.3 Å². The Morgan fingerprint density at radius 3 is 2.50 bits per heavy atom. The maximum atomic E-state index is 13.0. The van der Waals surface area contributed by atoms with Crippen molar-refractivity contribution in [2.75, 3.05) is 0 Å². The molecule has 0 bridgehead atoms. The van der Waals surface area contributed by atoms with Crippen molar-refractivity contribution in [1.82, 2.24) is 9.88 Å². The number of aliphatic hydroxyl groups is 1. The Morgan fingerprint density at radius 1 is 1.12 bits per heavy atom. The lowest BCUT2D eigenvalue weighted by Gasteiger charge is -2.26. The van der Waals surface area contributed by atoms with E-state index in [1.165, 1.54) is 27.6 Å². The number of hydrogen-bond donors (Lipinski definition) is 1. The number of aliphatic hydroxyl groups excluding tert-OH is 1. The van der Waals surface area contributed by atoms with Crippen LogP contribution in [-0.4, -0.2) is 26.7 Å². The van der Waals surface area contributed by atoms with Crippen LogP contribution in [0.2, 0.25) is 0 Å². The quantitative estimate of drug-likeness (QED) is 0.678. The second-order valence-corrected chi connectivity index (χ2v) is 7.74. The summed E-state index contributed by atoms with van der Waals surface area (Å²) < 4.78 is 0. The van der Waals surface area contributed by atoms with Gasteiger partial charge in [-0.1, -0.05) is 12.1 Å². The van der Waals surface area contributed by atoms with E-state index in [2.05, 4.69) is 4.98 Å². The molecule has 1 N–H and O–H groups in total. The van der Waals surface area contributed by atoms with Gasteiger partial charge in [-0.2, -0.15) is 0 Å². The second kappa shape index (κ2) is 6.86. The van der Waals surface area contributed by atoms with Crippen LogP contribution in [0, 0.1) is 0 Å². The number of rotatable bonds is 5. The minimum absolute atomic E-state index is 0.125. The van der Waals surface area contributed by atoms with Crippen LogP contribution in [0.15, 0.2) is 70.9 Å². The van der Waals surface area contributed by atoms with Gasteiger partial charge in [0.15, 0.2) is 5.76 Å². The minimum Gasteiger partial charge on any atom is -0.503 e. The first-order valence-corrected chi connectivity index (χ1v) is 9.67. The molecule has 0 spiro atoms. The lowest BCUT2D eigenvalue weighted by Crippen LogP contribution is -2.30. The highest BCUT2D eigenvalue weighted by Gasteiger charge is 2.44. The van der Waals surface area contributed by atoms with Crippen molar-refractivity contribution in [2.45, 2.75) is 12.6 Å². The number of carbonyl (C=O) groups is 2. The van der Waals surface area contributed by atoms with Gasteiger partial charge in [0.1, 0.15) is 0 Å². The second-order valence-electron chi connectivity index (χ2n) is 5.76. The lowest BCUT2D eigenvalue weighted by molar-refractivity contribution is -0.130. The number of Topliss-reactive ketones (excluding diaryl/α,β-unsaturated/α-hetero) is 1. The Bertz CT molecular complexity index is 964. The van der Waals surface area contributed by atoms with Crippen molar-refractivity contribution in [3.63, 3.8) is 0 Å². The van der Waals surface area contributed by atoms with Crippen LogP contribution in [0.5, 0.6) is 0 Å². The van der Waals surface area contributed by atoms with Gasteiger partial charge >= 0.3 is 0 Å². The van der Waals surface area contributed by atoms with Crippen LogP contribution in [0.25, 0.3) is 0 Å². The fraction of sp³-hybridized carbons (Fsp3) is 0.105. The van der Waals surface area contributed by atoms with Crippen LogP contribution in [0.1, 0.15) is 26.2 Å². The molecule has 1 aliphatic rings. The molecule has 0 saturated carbocycles. The summed E-state index contributed by atoms with van der Waals surface area (Å²) in [5.41, 5.74) is 0.870. The lowest BCUT2D eigenvalue weighted by atomic mass is 9.96. The normalized spacial score (nSPS) is 17.2. The van der Waals surface area contributed by atoms with Gasteiger partial charge in [0.25, 0.3) is 5.91 Å². The molecule has 4 rings (SSSR count). The molecule has 1 amide bonds. The van der Waals surface area contributed by atoms with Crippen molar-refractivity contribution in [3.8, 4) is 0 Å². The number of amides is 1. The van der Waals surface area contributed by atoms with E-state index in [1.54, 1.807) is 42.0 Å². The summed E-state index contributed by atoms with van der Waals surface area (Å²) in [5.74, 6) is -1.32. The van der Waals surface area contributed by atoms with Gasteiger partial charge in [-0.3, -0.25) is 14.6 Å². The smallest absolute Gasteiger partial charge is 0.290 e. The van der Waals surface area contributed by atoms with Crippen LogP contribution in [0.4, 0.5) is 0 Å². The van der Waals surface area contributed by atoms with Crippen molar-refractivity contribution in [3.05, 3.63) is 86.2 Å². The Hall–Kier alpha value is -2.77. The first kappa shape index (κ1) is 16.7. The van der Waals surface area contributed by atoms with E-state index in [0.717, 1.165) is 10.4 Å². The highest BCUT2D eigenvalue weighted by atomic mass is 32.1. The Balaban J connectivity index is 1.80. The van der Waals surface area contributed by atoms with Crippen LogP contribution < -0.4 is 0 Å². The largest absolute Gasteiger partial charge is 0.503 e. The molecule has 26 heavy (non-hydrogen) atoms. The number of nitrogens with zero attached hydrogens (tertiary/aromatic N) is 2. The molecule has 1 unspecified atom stereocenters. The Kier molecular flexibility index (Phi) is 4.40. The van der Waals surface area contributed by atoms with E-state index in [4.69, 9.17) is 0 Å². The average Bonchev–Trinajstić information content (AvgIpc) is 3.40. The topological polar surface area (TPSA) is 70.5 Å². The highest BCUT2D eigenvalue weighted by molar-refractivity contribution is 7.12. The molecule has 7 heteroatoms. The number of pyridine rings is 1. The van der Waals surface area contributed by atoms with Gasteiger partial charge in [-0.05, 0) is 40.6 Å². The number of hydrogen-bond acceptors (Lipinski definition) is 6. The third kappa shape index (κ3) is 2.85. The monoisotopic (exact) mass is 382 g/mol. The first-order valence-electron chi connectivity index (χ1n) is 7.91. The molecule has 3 aromatic rings. The highest BCUT2D eigenvalue weighted by Crippen LogP contribution is 2.40. The van der Waals surface area contributed by atoms with Gasteiger partial charge in [0, 0.05) is 17.3 Å². The molecule has 0 aliphatic carbocycles. The Labute approximate surface area is 157 Å². The maximum absolute atomic E-state index is 13.0. The van der Waals surface area contributed by atoms with Crippen molar-refractivity contribution >= 4 is 34.4 Å². The van der Waals surface area contributed by atoms with E-state index in [0.29, 0.717) is 11.4 Å². The number of carbonyl (C=O) groups excluding carboxylic acids is 2. The van der Waals surface area contributed by atoms with Crippen LogP contribution in [0.3, 0.4) is 0 Å². The molecule has 5 nitrogen and oxygen atoms in total. The number of ketones is 1. The van der Waals surface area contributed by atoms with Crippen molar-refractivity contribution in [1.29, 1.82) is 0 Å². The van der Waals surface area contributed by atoms with Gasteiger partial charge in [0.2, 0.25) is 5.78 Å². The molecule has 4 heterocycles. The van der Waals surface area contributed by atoms with Crippen molar-refractivity contribution in [2.24, 2.45) is 0 Å². The average molecular weight is 382 g/mol. The molecular weight excluding hydrogens is 368 g/mol. The summed E-state index contributed by atoms with van der Waals surface area (Å²) in [7, 11) is 0. The summed E-state index contributed by atoms with van der Waals surface area (Å²) in [4.78, 5) is 32.8. The minimum atomic E-state index is -0.637. The number of thiophene rings is 2. The van der Waals surface area contributed by atoms with Crippen molar-refractivity contribution < 1.29 is 14.7 Å². The third-order valence-electron chi connectivity index (χ3n) is 4.22. The SMILES string of the molecule is O=C(C1=C(O)C(=O)N(Cc2cccs2)C1c1ccncc1)c1cccs1. The molecule has 0 radical (unpaired) electrons. The molecule has 1 atom stereocenters. The zero-order chi connectivity index (χ0) is 18.1. The predicted molar refractivity (Wildman–Crippen MR) is 100 cm³/mol. The summed E-state index contributed by atoms with van der Waals surface area (Å²) >= 11 is 2.82. The van der Waals surface area contributed by atoms with E-state index in [-0.39, 0.29) is 11.4 Å². The molecule has 3 aromatic heterocycles. The Morgan fingerprint density at radius 2 is 1.85 bits per heavy atom.